The second-order valence-electron chi connectivity index (χ2n) is 7.69. The number of carbonyl (C=O) groups excluding carboxylic acids is 1. The Morgan fingerprint density at radius 2 is 1.73 bits per heavy atom. The quantitative estimate of drug-likeness (QED) is 0.187. The molecule has 0 saturated heterocycles. The van der Waals surface area contributed by atoms with Crippen molar-refractivity contribution >= 4 is 22.4 Å². The Kier molecular flexibility index (Phi) is 6.16. The maximum atomic E-state index is 13.6. The zero-order chi connectivity index (χ0) is 23.5. The summed E-state index contributed by atoms with van der Waals surface area (Å²) < 4.78 is 14.6. The van der Waals surface area contributed by atoms with Gasteiger partial charge in [0.2, 0.25) is 0 Å². The third-order valence-electron chi connectivity index (χ3n) is 5.62. The Balaban J connectivity index is 1.69. The number of hydrogen-bond donors (Lipinski definition) is 6. The molecule has 0 fully saturated rings. The normalized spacial score (nSPS) is 12.0. The number of hydrogen-bond acceptors (Lipinski definition) is 6. The Labute approximate surface area is 188 Å². The van der Waals surface area contributed by atoms with Crippen molar-refractivity contribution in [1.29, 1.82) is 0 Å². The molecule has 1 aromatic heterocycles. The van der Waals surface area contributed by atoms with E-state index in [0.29, 0.717) is 22.2 Å². The molecular formula is C24H22FN3O5. The topological polar surface area (TPSA) is 127 Å². The van der Waals surface area contributed by atoms with Crippen molar-refractivity contribution in [3.05, 3.63) is 89.2 Å². The summed E-state index contributed by atoms with van der Waals surface area (Å²) >= 11 is 0. The fourth-order valence-corrected chi connectivity index (χ4v) is 3.99. The summed E-state index contributed by atoms with van der Waals surface area (Å²) in [5, 5.41) is 41.2. The van der Waals surface area contributed by atoms with Gasteiger partial charge in [-0.3, -0.25) is 25.3 Å². The van der Waals surface area contributed by atoms with Crippen LogP contribution in [0.5, 0.6) is 11.8 Å². The van der Waals surface area contributed by atoms with E-state index in [-0.39, 0.29) is 30.4 Å². The number of amides is 1. The molecule has 4 aromatic rings. The first kappa shape index (κ1) is 22.1. The molecule has 0 aliphatic heterocycles. The SMILES string of the molecule is O=C(NO)C(Cc1ccc(NO)cc1)n1c(O)cc(Cc2cccc3cc(F)ccc23)c1O. The number of nitrogens with one attached hydrogen (secondary N) is 2. The monoisotopic (exact) mass is 451 g/mol. The third kappa shape index (κ3) is 4.45. The Morgan fingerprint density at radius 1 is 0.970 bits per heavy atom. The highest BCUT2D eigenvalue weighted by Crippen LogP contribution is 2.35. The minimum absolute atomic E-state index is 0.0425. The number of fused-ring (bicyclic) bond motifs is 1. The van der Waals surface area contributed by atoms with Crippen LogP contribution in [-0.4, -0.2) is 31.1 Å². The van der Waals surface area contributed by atoms with Crippen LogP contribution >= 0.6 is 0 Å². The van der Waals surface area contributed by atoms with Gasteiger partial charge in [-0.05, 0) is 46.2 Å². The van der Waals surface area contributed by atoms with Crippen LogP contribution in [0, 0.1) is 5.82 Å². The van der Waals surface area contributed by atoms with E-state index >= 15 is 0 Å². The highest BCUT2D eigenvalue weighted by atomic mass is 19.1. The lowest BCUT2D eigenvalue weighted by Gasteiger charge is -2.19. The fraction of sp³-hybridized carbons (Fsp3) is 0.125. The number of rotatable bonds is 7. The molecule has 33 heavy (non-hydrogen) atoms. The predicted molar refractivity (Wildman–Crippen MR) is 119 cm³/mol. The predicted octanol–water partition coefficient (Wildman–Crippen LogP) is 3.87. The number of aromatic nitrogens is 1. The lowest BCUT2D eigenvalue weighted by Crippen LogP contribution is -2.31. The molecule has 1 atom stereocenters. The van der Waals surface area contributed by atoms with E-state index in [9.17, 15) is 24.6 Å². The number of aromatic hydroxyl groups is 2. The van der Waals surface area contributed by atoms with Crippen LogP contribution in [0.3, 0.4) is 0 Å². The van der Waals surface area contributed by atoms with Crippen LogP contribution in [-0.2, 0) is 17.6 Å². The van der Waals surface area contributed by atoms with Crippen LogP contribution in [0.15, 0.2) is 66.7 Å². The van der Waals surface area contributed by atoms with Crippen molar-refractivity contribution in [3.63, 3.8) is 0 Å². The van der Waals surface area contributed by atoms with E-state index in [1.165, 1.54) is 18.2 Å². The average Bonchev–Trinajstić information content (AvgIpc) is 3.09. The second-order valence-corrected chi connectivity index (χ2v) is 7.69. The summed E-state index contributed by atoms with van der Waals surface area (Å²) in [5.41, 5.74) is 5.86. The minimum Gasteiger partial charge on any atom is -0.494 e. The van der Waals surface area contributed by atoms with Gasteiger partial charge in [0.15, 0.2) is 11.8 Å². The molecule has 1 amide bonds. The summed E-state index contributed by atoms with van der Waals surface area (Å²) in [6.07, 6.45) is 0.264. The summed E-state index contributed by atoms with van der Waals surface area (Å²) in [4.78, 5) is 12.4. The van der Waals surface area contributed by atoms with E-state index in [4.69, 9.17) is 5.21 Å². The van der Waals surface area contributed by atoms with Gasteiger partial charge < -0.3 is 10.2 Å². The van der Waals surface area contributed by atoms with Gasteiger partial charge in [0.05, 0.1) is 5.69 Å². The fourth-order valence-electron chi connectivity index (χ4n) is 3.99. The molecule has 0 aliphatic carbocycles. The van der Waals surface area contributed by atoms with Gasteiger partial charge in [0, 0.05) is 24.5 Å². The zero-order valence-corrected chi connectivity index (χ0v) is 17.4. The molecule has 6 N–H and O–H groups in total. The summed E-state index contributed by atoms with van der Waals surface area (Å²) in [6, 6.07) is 16.5. The highest BCUT2D eigenvalue weighted by Gasteiger charge is 2.28. The minimum atomic E-state index is -1.15. The van der Waals surface area contributed by atoms with E-state index < -0.39 is 11.9 Å². The molecule has 0 aliphatic rings. The first-order chi connectivity index (χ1) is 15.9. The summed E-state index contributed by atoms with van der Waals surface area (Å²) in [7, 11) is 0. The molecule has 170 valence electrons. The van der Waals surface area contributed by atoms with Gasteiger partial charge in [0.1, 0.15) is 11.9 Å². The van der Waals surface area contributed by atoms with Gasteiger partial charge >= 0.3 is 0 Å². The van der Waals surface area contributed by atoms with Crippen molar-refractivity contribution in [2.45, 2.75) is 18.9 Å². The van der Waals surface area contributed by atoms with Crippen LogP contribution in [0.1, 0.15) is 22.7 Å². The maximum Gasteiger partial charge on any atom is 0.266 e. The second kappa shape index (κ2) is 9.19. The summed E-state index contributed by atoms with van der Waals surface area (Å²) in [5.74, 6) is -1.86. The molecule has 1 heterocycles. The molecule has 4 rings (SSSR count). The molecule has 0 saturated carbocycles. The van der Waals surface area contributed by atoms with Gasteiger partial charge in [-0.25, -0.2) is 9.87 Å². The number of nitrogens with zero attached hydrogens (tertiary/aromatic N) is 1. The number of halogens is 1. The first-order valence-corrected chi connectivity index (χ1v) is 10.1. The van der Waals surface area contributed by atoms with Crippen molar-refractivity contribution in [2.24, 2.45) is 0 Å². The zero-order valence-electron chi connectivity index (χ0n) is 17.4. The largest absolute Gasteiger partial charge is 0.494 e. The van der Waals surface area contributed by atoms with E-state index in [0.717, 1.165) is 15.5 Å². The highest BCUT2D eigenvalue weighted by molar-refractivity contribution is 5.86. The molecule has 9 heteroatoms. The first-order valence-electron chi connectivity index (χ1n) is 10.1. The van der Waals surface area contributed by atoms with Gasteiger partial charge in [-0.15, -0.1) is 0 Å². The molecule has 0 bridgehead atoms. The number of benzene rings is 3. The lowest BCUT2D eigenvalue weighted by molar-refractivity contribution is -0.132. The number of carbonyl (C=O) groups is 1. The van der Waals surface area contributed by atoms with Crippen LogP contribution in [0.2, 0.25) is 0 Å². The Bertz CT molecular complexity index is 1300. The van der Waals surface area contributed by atoms with Gasteiger partial charge in [0.25, 0.3) is 5.91 Å². The number of anilines is 1. The Morgan fingerprint density at radius 3 is 2.42 bits per heavy atom. The maximum absolute atomic E-state index is 13.6. The molecule has 0 radical (unpaired) electrons. The van der Waals surface area contributed by atoms with Crippen molar-refractivity contribution in [1.82, 2.24) is 10.0 Å². The average molecular weight is 451 g/mol. The van der Waals surface area contributed by atoms with E-state index in [1.54, 1.807) is 47.9 Å². The van der Waals surface area contributed by atoms with Crippen LogP contribution < -0.4 is 11.0 Å². The Hall–Kier alpha value is -4.08. The van der Waals surface area contributed by atoms with Crippen molar-refractivity contribution in [2.75, 3.05) is 5.48 Å². The van der Waals surface area contributed by atoms with Crippen molar-refractivity contribution in [3.8, 4) is 11.8 Å². The molecule has 0 spiro atoms. The van der Waals surface area contributed by atoms with Crippen LogP contribution in [0.4, 0.5) is 10.1 Å². The van der Waals surface area contributed by atoms with Gasteiger partial charge in [-0.2, -0.15) is 0 Å². The van der Waals surface area contributed by atoms with Crippen molar-refractivity contribution < 1.29 is 29.8 Å². The standard InChI is InChI=1S/C24H22FN3O5/c25-18-6-9-20-15(2-1-3-16(20)12-18)11-17-13-22(29)28(24(17)31)21(23(30)27-33)10-14-4-7-19(26-32)8-5-14/h1-9,12-13,21,26,29,31-33H,10-11H2,(H,27,30). The smallest absolute Gasteiger partial charge is 0.266 e. The van der Waals surface area contributed by atoms with Gasteiger partial charge in [-0.1, -0.05) is 36.4 Å². The molecule has 3 aromatic carbocycles. The molecule has 1 unspecified atom stereocenters. The van der Waals surface area contributed by atoms with E-state index in [1.807, 2.05) is 11.5 Å². The molecule has 8 nitrogen and oxygen atoms in total. The van der Waals surface area contributed by atoms with Crippen LogP contribution in [0.25, 0.3) is 10.8 Å². The lowest BCUT2D eigenvalue weighted by atomic mass is 9.99. The summed E-state index contributed by atoms with van der Waals surface area (Å²) in [6.45, 7) is 0. The third-order valence-corrected chi connectivity index (χ3v) is 5.62. The van der Waals surface area contributed by atoms with E-state index in [2.05, 4.69) is 0 Å². The molecular weight excluding hydrogens is 429 g/mol. The number of hydroxylamine groups is 1.